The number of phenols is 1. The van der Waals surface area contributed by atoms with Gasteiger partial charge in [-0.1, -0.05) is 64.0 Å². The van der Waals surface area contributed by atoms with Crippen molar-refractivity contribution >= 4 is 22.0 Å². The highest BCUT2D eigenvalue weighted by atomic mass is 79.9. The maximum Gasteiger partial charge on any atom is 0.122 e. The van der Waals surface area contributed by atoms with Crippen LogP contribution in [-0.4, -0.2) is 21.4 Å². The van der Waals surface area contributed by atoms with Crippen LogP contribution in [0.15, 0.2) is 71.2 Å². The third kappa shape index (κ3) is 5.56. The predicted molar refractivity (Wildman–Crippen MR) is 110 cm³/mol. The molecule has 3 N–H and O–H groups in total. The molecule has 2 aromatic carbocycles. The largest absolute Gasteiger partial charge is 0.507 e. The van der Waals surface area contributed by atoms with Crippen molar-refractivity contribution in [3.63, 3.8) is 0 Å². The summed E-state index contributed by atoms with van der Waals surface area (Å²) in [4.78, 5) is 0. The highest BCUT2D eigenvalue weighted by Gasteiger charge is 2.25. The molecule has 2 rings (SSSR count). The van der Waals surface area contributed by atoms with E-state index < -0.39 is 18.1 Å². The van der Waals surface area contributed by atoms with Crippen LogP contribution in [-0.2, 0) is 0 Å². The maximum atomic E-state index is 10.5. The van der Waals surface area contributed by atoms with Gasteiger partial charge in [0.05, 0.1) is 12.2 Å². The van der Waals surface area contributed by atoms with Crippen LogP contribution in [0.25, 0.3) is 6.08 Å². The normalized spacial score (nSPS) is 15.3. The second-order valence-corrected chi connectivity index (χ2v) is 7.38. The average Bonchev–Trinajstić information content (AvgIpc) is 2.64. The van der Waals surface area contributed by atoms with Gasteiger partial charge in [0.2, 0.25) is 0 Å². The first-order valence-corrected chi connectivity index (χ1v) is 9.41. The number of aromatic hydroxyl groups is 1. The lowest BCUT2D eigenvalue weighted by atomic mass is 9.88. The van der Waals surface area contributed by atoms with Crippen molar-refractivity contribution in [3.05, 3.63) is 82.4 Å². The summed E-state index contributed by atoms with van der Waals surface area (Å²) in [6, 6.07) is 14.6. The van der Waals surface area contributed by atoms with E-state index >= 15 is 0 Å². The van der Waals surface area contributed by atoms with Crippen molar-refractivity contribution in [1.82, 2.24) is 0 Å². The van der Waals surface area contributed by atoms with Gasteiger partial charge in [0.1, 0.15) is 5.75 Å². The minimum absolute atomic E-state index is 0.219. The van der Waals surface area contributed by atoms with Crippen LogP contribution >= 0.6 is 15.9 Å². The third-order valence-electron chi connectivity index (χ3n) is 4.45. The van der Waals surface area contributed by atoms with Crippen LogP contribution in [0.2, 0.25) is 0 Å². The minimum atomic E-state index is -0.790. The fourth-order valence-corrected chi connectivity index (χ4v) is 3.29. The van der Waals surface area contributed by atoms with Crippen LogP contribution in [0.4, 0.5) is 0 Å². The highest BCUT2D eigenvalue weighted by Crippen LogP contribution is 2.29. The first kappa shape index (κ1) is 20.4. The molecule has 0 aliphatic heterocycles. The molecule has 2 aromatic rings. The Balaban J connectivity index is 2.01. The zero-order chi connectivity index (χ0) is 19.1. The molecule has 0 aliphatic carbocycles. The predicted octanol–water partition coefficient (Wildman–Crippen LogP) is 5.23. The standard InChI is InChI=1S/C22H25BrO3/c1-3-19(22(26)16-7-5-4-6-8-16)21(25)11-9-15(2)13-17-14-18(23)10-12-20(17)24/h3-8,10,12-14,19,21-22,24-26H,1,9,11H2,2H3/b15-13+/t19-,21-,22-/m1/s1. The fourth-order valence-electron chi connectivity index (χ4n) is 2.92. The number of benzene rings is 2. The van der Waals surface area contributed by atoms with Crippen LogP contribution in [0.5, 0.6) is 5.75 Å². The van der Waals surface area contributed by atoms with Gasteiger partial charge in [-0.3, -0.25) is 0 Å². The van der Waals surface area contributed by atoms with E-state index in [9.17, 15) is 15.3 Å². The molecule has 0 aromatic heterocycles. The van der Waals surface area contributed by atoms with E-state index in [4.69, 9.17) is 0 Å². The molecule has 138 valence electrons. The topological polar surface area (TPSA) is 60.7 Å². The molecule has 0 aliphatic rings. The first-order chi connectivity index (χ1) is 12.4. The molecule has 3 atom stereocenters. The molecular formula is C22H25BrO3. The Morgan fingerprint density at radius 3 is 2.50 bits per heavy atom. The lowest BCUT2D eigenvalue weighted by Gasteiger charge is -2.25. The number of halogens is 1. The molecule has 4 heteroatoms. The summed E-state index contributed by atoms with van der Waals surface area (Å²) in [5, 5.41) is 31.0. The van der Waals surface area contributed by atoms with Crippen LogP contribution in [0.3, 0.4) is 0 Å². The van der Waals surface area contributed by atoms with E-state index in [2.05, 4.69) is 22.5 Å². The molecule has 0 unspecified atom stereocenters. The molecule has 0 amide bonds. The van der Waals surface area contributed by atoms with Gasteiger partial charge in [-0.2, -0.15) is 0 Å². The molecule has 0 radical (unpaired) electrons. The van der Waals surface area contributed by atoms with E-state index in [0.717, 1.165) is 21.2 Å². The number of hydrogen-bond donors (Lipinski definition) is 3. The quantitative estimate of drug-likeness (QED) is 0.515. The second kappa shape index (κ2) is 9.72. The van der Waals surface area contributed by atoms with E-state index in [1.54, 1.807) is 18.2 Å². The molecule has 0 fully saturated rings. The van der Waals surface area contributed by atoms with Crippen LogP contribution in [0, 0.1) is 5.92 Å². The molecule has 0 heterocycles. The molecule has 0 saturated heterocycles. The Kier molecular flexibility index (Phi) is 7.64. The van der Waals surface area contributed by atoms with Crippen molar-refractivity contribution < 1.29 is 15.3 Å². The van der Waals surface area contributed by atoms with E-state index in [-0.39, 0.29) is 5.75 Å². The average molecular weight is 417 g/mol. The molecule has 3 nitrogen and oxygen atoms in total. The maximum absolute atomic E-state index is 10.5. The highest BCUT2D eigenvalue weighted by molar-refractivity contribution is 9.10. The lowest BCUT2D eigenvalue weighted by Crippen LogP contribution is -2.25. The monoisotopic (exact) mass is 416 g/mol. The fraction of sp³-hybridized carbons (Fsp3) is 0.273. The molecule has 0 spiro atoms. The SMILES string of the molecule is C=C[C@H]([C@H](O)CC/C(C)=C/c1cc(Br)ccc1O)[C@H](O)c1ccccc1. The van der Waals surface area contributed by atoms with Crippen molar-refractivity contribution in [2.75, 3.05) is 0 Å². The Morgan fingerprint density at radius 2 is 1.85 bits per heavy atom. The molecule has 0 saturated carbocycles. The summed E-state index contributed by atoms with van der Waals surface area (Å²) in [6.07, 6.45) is 3.17. The zero-order valence-corrected chi connectivity index (χ0v) is 16.4. The van der Waals surface area contributed by atoms with Gasteiger partial charge in [-0.25, -0.2) is 0 Å². The summed E-state index contributed by atoms with van der Waals surface area (Å²) in [6.45, 7) is 5.73. The van der Waals surface area contributed by atoms with Gasteiger partial charge in [0.25, 0.3) is 0 Å². The summed E-state index contributed by atoms with van der Waals surface area (Å²) >= 11 is 3.40. The Labute approximate surface area is 163 Å². The zero-order valence-electron chi connectivity index (χ0n) is 14.8. The summed E-state index contributed by atoms with van der Waals surface area (Å²) in [7, 11) is 0. The van der Waals surface area contributed by atoms with E-state index in [1.165, 1.54) is 0 Å². The summed E-state index contributed by atoms with van der Waals surface area (Å²) in [5.41, 5.74) is 2.54. The third-order valence-corrected chi connectivity index (χ3v) is 4.94. The van der Waals surface area contributed by atoms with Crippen molar-refractivity contribution in [3.8, 4) is 5.75 Å². The number of allylic oxidation sites excluding steroid dienone is 1. The van der Waals surface area contributed by atoms with Gasteiger partial charge in [-0.15, -0.1) is 6.58 Å². The molecule has 0 bridgehead atoms. The van der Waals surface area contributed by atoms with Gasteiger partial charge in [-0.05, 0) is 43.5 Å². The van der Waals surface area contributed by atoms with E-state index in [0.29, 0.717) is 12.8 Å². The minimum Gasteiger partial charge on any atom is -0.507 e. The van der Waals surface area contributed by atoms with Gasteiger partial charge < -0.3 is 15.3 Å². The van der Waals surface area contributed by atoms with Gasteiger partial charge >= 0.3 is 0 Å². The van der Waals surface area contributed by atoms with Crippen molar-refractivity contribution in [1.29, 1.82) is 0 Å². The second-order valence-electron chi connectivity index (χ2n) is 6.47. The summed E-state index contributed by atoms with van der Waals surface area (Å²) < 4.78 is 0.895. The Bertz CT molecular complexity index is 755. The first-order valence-electron chi connectivity index (χ1n) is 8.61. The number of hydrogen-bond acceptors (Lipinski definition) is 3. The smallest absolute Gasteiger partial charge is 0.122 e. The van der Waals surface area contributed by atoms with Gasteiger partial charge in [0.15, 0.2) is 0 Å². The van der Waals surface area contributed by atoms with Crippen molar-refractivity contribution in [2.45, 2.75) is 32.0 Å². The number of aliphatic hydroxyl groups is 2. The Hall–Kier alpha value is -1.88. The van der Waals surface area contributed by atoms with Crippen molar-refractivity contribution in [2.24, 2.45) is 5.92 Å². The Morgan fingerprint density at radius 1 is 1.15 bits per heavy atom. The van der Waals surface area contributed by atoms with Gasteiger partial charge in [0, 0.05) is 16.0 Å². The van der Waals surface area contributed by atoms with Crippen LogP contribution in [0.1, 0.15) is 37.0 Å². The molecular weight excluding hydrogens is 392 g/mol. The summed E-state index contributed by atoms with van der Waals surface area (Å²) in [5.74, 6) is -0.221. The molecule has 26 heavy (non-hydrogen) atoms. The van der Waals surface area contributed by atoms with Crippen LogP contribution < -0.4 is 0 Å². The number of rotatable bonds is 8. The lowest BCUT2D eigenvalue weighted by molar-refractivity contribution is 0.0319. The van der Waals surface area contributed by atoms with E-state index in [1.807, 2.05) is 49.4 Å². The number of aliphatic hydroxyl groups excluding tert-OH is 2. The number of phenolic OH excluding ortho intramolecular Hbond substituents is 1.